The molecule has 1 aromatic heterocycles. The van der Waals surface area contributed by atoms with Gasteiger partial charge in [0.05, 0.1) is 5.69 Å². The van der Waals surface area contributed by atoms with E-state index in [9.17, 15) is 4.39 Å². The Hall–Kier alpha value is -5.95. The number of likely N-dealkylation sites (N-methyl/N-ethyl adjacent to an activating group) is 1. The highest BCUT2D eigenvalue weighted by Crippen LogP contribution is 2.32. The van der Waals surface area contributed by atoms with Crippen LogP contribution in [0.3, 0.4) is 0 Å². The van der Waals surface area contributed by atoms with Gasteiger partial charge in [-0.15, -0.1) is 6.58 Å². The van der Waals surface area contributed by atoms with Crippen LogP contribution >= 0.6 is 0 Å². The Morgan fingerprint density at radius 3 is 2.26 bits per heavy atom. The van der Waals surface area contributed by atoms with Crippen LogP contribution < -0.4 is 31.9 Å². The van der Waals surface area contributed by atoms with Crippen molar-refractivity contribution in [3.8, 4) is 11.3 Å². The van der Waals surface area contributed by atoms with E-state index < -0.39 is 0 Å². The first-order valence-electron chi connectivity index (χ1n) is 23.8. The van der Waals surface area contributed by atoms with Gasteiger partial charge < -0.3 is 31.9 Å². The van der Waals surface area contributed by atoms with Gasteiger partial charge in [-0.05, 0) is 93.1 Å². The third-order valence-electron chi connectivity index (χ3n) is 12.9. The molecular formula is C54H74FN11. The van der Waals surface area contributed by atoms with Gasteiger partial charge in [-0.1, -0.05) is 80.8 Å². The van der Waals surface area contributed by atoms with Crippen molar-refractivity contribution in [1.82, 2.24) is 35.3 Å². The Bertz CT molecular complexity index is 2290. The Morgan fingerprint density at radius 1 is 0.879 bits per heavy atom. The third kappa shape index (κ3) is 13.6. The van der Waals surface area contributed by atoms with Crippen LogP contribution in [0.4, 0.5) is 15.9 Å². The summed E-state index contributed by atoms with van der Waals surface area (Å²) in [5.74, 6) is 1.32. The highest BCUT2D eigenvalue weighted by Gasteiger charge is 2.24. The van der Waals surface area contributed by atoms with Crippen LogP contribution in [0.15, 0.2) is 122 Å². The number of hydrogen-bond acceptors (Lipinski definition) is 11. The highest BCUT2D eigenvalue weighted by molar-refractivity contribution is 5.80. The Labute approximate surface area is 394 Å². The number of allylic oxidation sites excluding steroid dienone is 3. The monoisotopic (exact) mass is 896 g/mol. The molecule has 11 nitrogen and oxygen atoms in total. The molecule has 1 unspecified atom stereocenters. The third-order valence-corrected chi connectivity index (χ3v) is 12.9. The molecule has 2 fully saturated rings. The molecule has 6 rings (SSSR count). The van der Waals surface area contributed by atoms with Crippen molar-refractivity contribution >= 4 is 23.2 Å². The van der Waals surface area contributed by atoms with Crippen molar-refractivity contribution in [3.63, 3.8) is 0 Å². The fraction of sp³-hybridized carbons (Fsp3) is 0.407. The van der Waals surface area contributed by atoms with Crippen molar-refractivity contribution in [2.24, 2.45) is 11.5 Å². The van der Waals surface area contributed by atoms with E-state index in [-0.39, 0.29) is 11.9 Å². The average molecular weight is 896 g/mol. The topological polar surface area (TPSA) is 118 Å². The first-order chi connectivity index (χ1) is 32.0. The quantitative estimate of drug-likeness (QED) is 0.0431. The standard InChI is InChI=1S/C54H74FN11/c1-8-24-63-28-32-66(33-29-63)52-37-50(60-54(61-52)53(41(5)56)44-16-12-11-13-17-44)45-18-14-15-42(34-45)20-21-47(57)38-59-23-25-64-26-30-65(31-27-64)51-36-46(55)35-43(9-2)49(51)39-62(7)48(10-3)22-19-40(4)58-6/h9-18,34-38,48,58-59H,2-4,8,19-33,39,56-57H2,1,5-7H3/b47-38-,53-41-. The van der Waals surface area contributed by atoms with E-state index in [1.165, 1.54) is 5.56 Å². The lowest BCUT2D eigenvalue weighted by atomic mass is 10.0. The minimum atomic E-state index is -0.241. The minimum Gasteiger partial charge on any atom is -0.402 e. The van der Waals surface area contributed by atoms with Crippen molar-refractivity contribution < 1.29 is 4.39 Å². The number of nitrogens with zero attached hydrogens (tertiary/aromatic N) is 7. The fourth-order valence-electron chi connectivity index (χ4n) is 9.01. The van der Waals surface area contributed by atoms with E-state index in [2.05, 4.69) is 111 Å². The smallest absolute Gasteiger partial charge is 0.164 e. The SMILES string of the molecule is C=Cc1cc(F)cc(N2CCN(CCN/C=C(\N)CCc3cccc(-c4cc(N5CCN(CCC)CC5)nc(/C(=C(/C)N)c5ccccc5)n4)c3)CC2)c1CN(C)C(C=C)CCC(=C)NC. The number of halogens is 1. The first kappa shape index (κ1) is 49.5. The lowest BCUT2D eigenvalue weighted by molar-refractivity contribution is 0.255. The van der Waals surface area contributed by atoms with Gasteiger partial charge in [0.1, 0.15) is 11.6 Å². The summed E-state index contributed by atoms with van der Waals surface area (Å²) in [7, 11) is 4.00. The fourth-order valence-corrected chi connectivity index (χ4v) is 9.01. The molecule has 0 saturated carbocycles. The molecule has 0 amide bonds. The zero-order chi connectivity index (χ0) is 47.0. The van der Waals surface area contributed by atoms with Gasteiger partial charge in [0.25, 0.3) is 0 Å². The summed E-state index contributed by atoms with van der Waals surface area (Å²) >= 11 is 0. The molecule has 2 aliphatic rings. The van der Waals surface area contributed by atoms with E-state index in [0.717, 1.165) is 161 Å². The summed E-state index contributed by atoms with van der Waals surface area (Å²) in [5, 5.41) is 6.60. The maximum absolute atomic E-state index is 15.0. The van der Waals surface area contributed by atoms with E-state index >= 15 is 0 Å². The molecule has 0 aliphatic carbocycles. The summed E-state index contributed by atoms with van der Waals surface area (Å²) in [5.41, 5.74) is 23.4. The van der Waals surface area contributed by atoms with Crippen LogP contribution in [0.25, 0.3) is 22.9 Å². The number of rotatable bonds is 23. The summed E-state index contributed by atoms with van der Waals surface area (Å²) in [4.78, 5) is 22.3. The molecule has 12 heteroatoms. The van der Waals surface area contributed by atoms with E-state index in [1.54, 1.807) is 18.2 Å². The van der Waals surface area contributed by atoms with Crippen LogP contribution in [-0.4, -0.2) is 117 Å². The molecule has 1 atom stereocenters. The van der Waals surface area contributed by atoms with E-state index in [1.807, 2.05) is 44.4 Å². The predicted molar refractivity (Wildman–Crippen MR) is 275 cm³/mol. The van der Waals surface area contributed by atoms with Crippen molar-refractivity contribution in [2.75, 3.05) is 95.9 Å². The maximum Gasteiger partial charge on any atom is 0.164 e. The van der Waals surface area contributed by atoms with Gasteiger partial charge in [-0.25, -0.2) is 14.4 Å². The molecule has 4 aromatic rings. The number of piperazine rings is 2. The minimum absolute atomic E-state index is 0.155. The lowest BCUT2D eigenvalue weighted by Gasteiger charge is -2.38. The molecule has 0 spiro atoms. The zero-order valence-electron chi connectivity index (χ0n) is 40.0. The number of aromatic nitrogens is 2. The molecule has 0 radical (unpaired) electrons. The number of nitrogens with one attached hydrogen (secondary N) is 2. The largest absolute Gasteiger partial charge is 0.402 e. The van der Waals surface area contributed by atoms with Gasteiger partial charge in [0, 0.05) is 131 Å². The van der Waals surface area contributed by atoms with Crippen LogP contribution in [0, 0.1) is 5.82 Å². The van der Waals surface area contributed by atoms with Gasteiger partial charge >= 0.3 is 0 Å². The second-order valence-corrected chi connectivity index (χ2v) is 17.7. The Kier molecular flexibility index (Phi) is 18.4. The second-order valence-electron chi connectivity index (χ2n) is 17.7. The van der Waals surface area contributed by atoms with Gasteiger partial charge in [-0.3, -0.25) is 14.7 Å². The summed E-state index contributed by atoms with van der Waals surface area (Å²) in [6.45, 7) is 27.1. The molecule has 3 aromatic carbocycles. The van der Waals surface area contributed by atoms with E-state index in [4.69, 9.17) is 21.4 Å². The summed E-state index contributed by atoms with van der Waals surface area (Å²) < 4.78 is 15.0. The van der Waals surface area contributed by atoms with Crippen molar-refractivity contribution in [2.45, 2.75) is 58.5 Å². The number of aryl methyl sites for hydroxylation is 1. The Morgan fingerprint density at radius 2 is 1.59 bits per heavy atom. The number of benzene rings is 3. The highest BCUT2D eigenvalue weighted by atomic mass is 19.1. The Balaban J connectivity index is 1.04. The molecule has 0 bridgehead atoms. The van der Waals surface area contributed by atoms with E-state index in [0.29, 0.717) is 18.1 Å². The van der Waals surface area contributed by atoms with Crippen molar-refractivity contribution in [3.05, 3.63) is 156 Å². The van der Waals surface area contributed by atoms with Crippen molar-refractivity contribution in [1.29, 1.82) is 0 Å². The second kappa shape index (κ2) is 24.5. The summed E-state index contributed by atoms with van der Waals surface area (Å²) in [6.07, 6.45) is 10.1. The predicted octanol–water partition coefficient (Wildman–Crippen LogP) is 7.84. The number of anilines is 2. The first-order valence-corrected chi connectivity index (χ1v) is 23.8. The average Bonchev–Trinajstić information content (AvgIpc) is 3.33. The van der Waals surface area contributed by atoms with Gasteiger partial charge in [0.15, 0.2) is 5.82 Å². The molecule has 2 saturated heterocycles. The molecule has 66 heavy (non-hydrogen) atoms. The van der Waals surface area contributed by atoms with Gasteiger partial charge in [-0.2, -0.15) is 0 Å². The zero-order valence-corrected chi connectivity index (χ0v) is 40.0. The van der Waals surface area contributed by atoms with Crippen LogP contribution in [0.1, 0.15) is 67.6 Å². The van der Waals surface area contributed by atoms with Crippen LogP contribution in [-0.2, 0) is 13.0 Å². The normalized spacial score (nSPS) is 15.9. The van der Waals surface area contributed by atoms with Crippen LogP contribution in [0.2, 0.25) is 0 Å². The molecule has 6 N–H and O–H groups in total. The molecule has 3 heterocycles. The van der Waals surface area contributed by atoms with Gasteiger partial charge in [0.2, 0.25) is 0 Å². The summed E-state index contributed by atoms with van der Waals surface area (Å²) in [6, 6.07) is 24.4. The lowest BCUT2D eigenvalue weighted by Crippen LogP contribution is -2.48. The molecule has 2 aliphatic heterocycles. The molecular weight excluding hydrogens is 822 g/mol. The maximum atomic E-state index is 15.0. The number of hydrogen-bond donors (Lipinski definition) is 4. The number of nitrogens with two attached hydrogens (primary N) is 2. The van der Waals surface area contributed by atoms with Crippen LogP contribution in [0.5, 0.6) is 0 Å². The molecule has 352 valence electrons.